The summed E-state index contributed by atoms with van der Waals surface area (Å²) in [4.78, 5) is 15.0. The summed E-state index contributed by atoms with van der Waals surface area (Å²) in [6.07, 6.45) is 0. The molecule has 2 aromatic carbocycles. The summed E-state index contributed by atoms with van der Waals surface area (Å²) in [5, 5.41) is 12.8. The predicted molar refractivity (Wildman–Crippen MR) is 94.1 cm³/mol. The van der Waals surface area contributed by atoms with Crippen molar-refractivity contribution in [1.29, 1.82) is 0 Å². The van der Waals surface area contributed by atoms with Gasteiger partial charge in [0.1, 0.15) is 0 Å². The van der Waals surface area contributed by atoms with Gasteiger partial charge in [0.25, 0.3) is 10.0 Å². The highest BCUT2D eigenvalue weighted by Crippen LogP contribution is 2.27. The highest BCUT2D eigenvalue weighted by Gasteiger charge is 2.18. The molecule has 3 rings (SSSR count). The maximum absolute atomic E-state index is 12.4. The number of carboxylic acid groups (broad SMARTS) is 1. The summed E-state index contributed by atoms with van der Waals surface area (Å²) in [5.74, 6) is -1.55. The molecule has 0 unspecified atom stereocenters. The van der Waals surface area contributed by atoms with Crippen molar-refractivity contribution in [2.45, 2.75) is 4.90 Å². The Kier molecular flexibility index (Phi) is 4.76. The molecule has 0 spiro atoms. The zero-order valence-electron chi connectivity index (χ0n) is 12.5. The van der Waals surface area contributed by atoms with E-state index in [4.69, 9.17) is 11.6 Å². The molecule has 6 nitrogen and oxygen atoms in total. The lowest BCUT2D eigenvalue weighted by Crippen LogP contribution is -2.23. The number of carbonyl (C=O) groups is 1. The van der Waals surface area contributed by atoms with Crippen molar-refractivity contribution in [3.63, 3.8) is 0 Å². The quantitative estimate of drug-likeness (QED) is 0.718. The van der Waals surface area contributed by atoms with Crippen LogP contribution in [0.25, 0.3) is 11.3 Å². The minimum Gasteiger partial charge on any atom is -0.545 e. The Morgan fingerprint density at radius 3 is 2.56 bits per heavy atom. The Labute approximate surface area is 152 Å². The average Bonchev–Trinajstić information content (AvgIpc) is 3.03. The van der Waals surface area contributed by atoms with Crippen LogP contribution in [0.4, 0.5) is 5.13 Å². The fourth-order valence-electron chi connectivity index (χ4n) is 2.06. The fourth-order valence-corrected chi connectivity index (χ4v) is 4.26. The molecule has 0 amide bonds. The molecule has 1 heterocycles. The van der Waals surface area contributed by atoms with Crippen molar-refractivity contribution in [1.82, 2.24) is 4.98 Å². The van der Waals surface area contributed by atoms with Crippen LogP contribution in [-0.4, -0.2) is 19.4 Å². The van der Waals surface area contributed by atoms with Crippen molar-refractivity contribution in [3.8, 4) is 11.3 Å². The minimum absolute atomic E-state index is 0.0976. The van der Waals surface area contributed by atoms with Gasteiger partial charge in [0.05, 0.1) is 16.6 Å². The van der Waals surface area contributed by atoms with Crippen LogP contribution in [0.2, 0.25) is 5.02 Å². The number of nitrogens with one attached hydrogen (secondary N) is 1. The second kappa shape index (κ2) is 6.83. The fraction of sp³-hybridized carbons (Fsp3) is 0. The van der Waals surface area contributed by atoms with Gasteiger partial charge in [0.15, 0.2) is 5.13 Å². The van der Waals surface area contributed by atoms with Crippen molar-refractivity contribution >= 4 is 44.1 Å². The number of thiazole rings is 1. The van der Waals surface area contributed by atoms with E-state index in [2.05, 4.69) is 9.71 Å². The highest BCUT2D eigenvalue weighted by molar-refractivity contribution is 7.93. The molecule has 0 saturated heterocycles. The van der Waals surface area contributed by atoms with Crippen molar-refractivity contribution in [3.05, 3.63) is 64.5 Å². The number of benzene rings is 2. The van der Waals surface area contributed by atoms with Gasteiger partial charge in [0, 0.05) is 21.5 Å². The van der Waals surface area contributed by atoms with Crippen LogP contribution >= 0.6 is 22.9 Å². The van der Waals surface area contributed by atoms with Gasteiger partial charge in [-0.3, -0.25) is 4.72 Å². The summed E-state index contributed by atoms with van der Waals surface area (Å²) >= 11 is 6.85. The van der Waals surface area contributed by atoms with Crippen molar-refractivity contribution < 1.29 is 18.3 Å². The Balaban J connectivity index is 1.89. The molecule has 3 aromatic rings. The molecule has 0 atom stereocenters. The number of halogens is 1. The number of anilines is 1. The van der Waals surface area contributed by atoms with Gasteiger partial charge in [-0.2, -0.15) is 0 Å². The van der Waals surface area contributed by atoms with E-state index in [1.807, 2.05) is 30.3 Å². The molecular weight excluding hydrogens is 384 g/mol. The van der Waals surface area contributed by atoms with Crippen LogP contribution in [0, 0.1) is 0 Å². The Bertz CT molecular complexity index is 1030. The summed E-state index contributed by atoms with van der Waals surface area (Å²) in [5.41, 5.74) is 1.10. The van der Waals surface area contributed by atoms with Gasteiger partial charge in [-0.15, -0.1) is 11.3 Å². The second-order valence-corrected chi connectivity index (χ2v) is 7.89. The largest absolute Gasteiger partial charge is 0.545 e. The molecule has 0 bridgehead atoms. The van der Waals surface area contributed by atoms with Crippen LogP contribution in [0.15, 0.2) is 58.8 Å². The van der Waals surface area contributed by atoms with E-state index in [9.17, 15) is 18.3 Å². The topological polar surface area (TPSA) is 99.2 Å². The number of rotatable bonds is 5. The summed E-state index contributed by atoms with van der Waals surface area (Å²) in [7, 11) is -4.01. The zero-order chi connectivity index (χ0) is 18.0. The van der Waals surface area contributed by atoms with E-state index < -0.39 is 21.6 Å². The first-order valence-electron chi connectivity index (χ1n) is 6.91. The molecule has 0 radical (unpaired) electrons. The number of aromatic nitrogens is 1. The van der Waals surface area contributed by atoms with Gasteiger partial charge >= 0.3 is 0 Å². The molecule has 128 valence electrons. The number of carboxylic acids is 1. The molecule has 0 aliphatic carbocycles. The van der Waals surface area contributed by atoms with Crippen LogP contribution in [0.1, 0.15) is 10.4 Å². The lowest BCUT2D eigenvalue weighted by Gasteiger charge is -2.09. The third-order valence-electron chi connectivity index (χ3n) is 3.26. The number of hydrogen-bond acceptors (Lipinski definition) is 6. The number of nitrogens with zero attached hydrogens (tertiary/aromatic N) is 1. The van der Waals surface area contributed by atoms with E-state index in [0.29, 0.717) is 5.69 Å². The number of carbonyl (C=O) groups excluding carboxylic acids is 1. The maximum Gasteiger partial charge on any atom is 0.263 e. The second-order valence-electron chi connectivity index (χ2n) is 4.94. The Hall–Kier alpha value is -2.42. The highest BCUT2D eigenvalue weighted by atomic mass is 35.5. The molecular formula is C16H10ClN2O4S2-. The van der Waals surface area contributed by atoms with Crippen LogP contribution in [-0.2, 0) is 10.0 Å². The molecule has 0 fully saturated rings. The smallest absolute Gasteiger partial charge is 0.263 e. The van der Waals surface area contributed by atoms with E-state index in [0.717, 1.165) is 23.0 Å². The monoisotopic (exact) mass is 393 g/mol. The number of sulfonamides is 1. The van der Waals surface area contributed by atoms with Crippen LogP contribution in [0.3, 0.4) is 0 Å². The first kappa shape index (κ1) is 17.4. The Morgan fingerprint density at radius 2 is 1.88 bits per heavy atom. The molecule has 0 saturated carbocycles. The first-order valence-corrected chi connectivity index (χ1v) is 9.65. The molecule has 0 aliphatic heterocycles. The average molecular weight is 394 g/mol. The van der Waals surface area contributed by atoms with Gasteiger partial charge in [0.2, 0.25) is 0 Å². The third kappa shape index (κ3) is 3.81. The molecule has 1 aromatic heterocycles. The summed E-state index contributed by atoms with van der Waals surface area (Å²) < 4.78 is 27.2. The van der Waals surface area contributed by atoms with Gasteiger partial charge < -0.3 is 9.90 Å². The van der Waals surface area contributed by atoms with Crippen LogP contribution < -0.4 is 9.83 Å². The molecule has 9 heteroatoms. The SMILES string of the molecule is O=C([O-])c1cc(S(=O)(=O)Nc2nc(-c3ccccc3)cs2)ccc1Cl. The zero-order valence-corrected chi connectivity index (χ0v) is 14.9. The standard InChI is InChI=1S/C16H11ClN2O4S2/c17-13-7-6-11(8-12(13)15(20)21)25(22,23)19-16-18-14(9-24-16)10-4-2-1-3-5-10/h1-9H,(H,18,19)(H,20,21)/p-1. The van der Waals surface area contributed by atoms with Crippen molar-refractivity contribution in [2.24, 2.45) is 0 Å². The van der Waals surface area contributed by atoms with Gasteiger partial charge in [-0.25, -0.2) is 13.4 Å². The van der Waals surface area contributed by atoms with Gasteiger partial charge in [-0.1, -0.05) is 41.9 Å². The summed E-state index contributed by atoms with van der Waals surface area (Å²) in [6.45, 7) is 0. The minimum atomic E-state index is -4.01. The number of hydrogen-bond donors (Lipinski definition) is 1. The summed E-state index contributed by atoms with van der Waals surface area (Å²) in [6, 6.07) is 12.7. The van der Waals surface area contributed by atoms with E-state index in [-0.39, 0.29) is 15.0 Å². The lowest BCUT2D eigenvalue weighted by molar-refractivity contribution is -0.255. The van der Waals surface area contributed by atoms with Crippen LogP contribution in [0.5, 0.6) is 0 Å². The van der Waals surface area contributed by atoms with Crippen molar-refractivity contribution in [2.75, 3.05) is 4.72 Å². The van der Waals surface area contributed by atoms with E-state index in [1.165, 1.54) is 12.1 Å². The molecule has 25 heavy (non-hydrogen) atoms. The Morgan fingerprint density at radius 1 is 1.16 bits per heavy atom. The van der Waals surface area contributed by atoms with E-state index >= 15 is 0 Å². The maximum atomic E-state index is 12.4. The predicted octanol–water partition coefficient (Wildman–Crippen LogP) is 2.63. The number of aromatic carboxylic acids is 1. The normalized spacial score (nSPS) is 11.2. The van der Waals surface area contributed by atoms with Gasteiger partial charge in [-0.05, 0) is 18.2 Å². The third-order valence-corrected chi connectivity index (χ3v) is 5.82. The first-order chi connectivity index (χ1) is 11.9. The lowest BCUT2D eigenvalue weighted by atomic mass is 10.2. The molecule has 1 N–H and O–H groups in total. The van der Waals surface area contributed by atoms with E-state index in [1.54, 1.807) is 5.38 Å². The molecule has 0 aliphatic rings.